The first-order valence-electron chi connectivity index (χ1n) is 39.2. The first-order valence-corrected chi connectivity index (χ1v) is 40.7. The molecule has 0 aliphatic rings. The maximum absolute atomic E-state index is 12.9. The molecule has 0 aliphatic heterocycles. The Labute approximate surface area is 554 Å². The summed E-state index contributed by atoms with van der Waals surface area (Å²) in [6.45, 7) is 4.51. The topological polar surface area (TPSA) is 108 Å². The molecule has 0 saturated heterocycles. The van der Waals surface area contributed by atoms with Gasteiger partial charge in [0.1, 0.15) is 19.8 Å². The molecule has 0 amide bonds. The van der Waals surface area contributed by atoms with Gasteiger partial charge in [-0.2, -0.15) is 0 Å². The van der Waals surface area contributed by atoms with Crippen molar-refractivity contribution in [2.24, 2.45) is 0 Å². The van der Waals surface area contributed by atoms with Gasteiger partial charge in [-0.1, -0.05) is 378 Å². The average molecular weight is 1280 g/mol. The zero-order chi connectivity index (χ0) is 64.8. The number of likely N-dealkylation sites (N-methyl/N-ethyl adjacent to an activating group) is 1. The van der Waals surface area contributed by atoms with Gasteiger partial charge in [0.05, 0.1) is 27.7 Å². The lowest BCUT2D eigenvalue weighted by Gasteiger charge is -2.24. The molecule has 0 aromatic carbocycles. The van der Waals surface area contributed by atoms with E-state index in [0.717, 1.165) is 44.9 Å². The van der Waals surface area contributed by atoms with Crippen molar-refractivity contribution < 1.29 is 42.1 Å². The molecule has 2 unspecified atom stereocenters. The minimum absolute atomic E-state index is 0.0350. The van der Waals surface area contributed by atoms with E-state index >= 15 is 0 Å². The molecule has 0 aliphatic carbocycles. The van der Waals surface area contributed by atoms with Crippen LogP contribution in [0.1, 0.15) is 406 Å². The van der Waals surface area contributed by atoms with E-state index in [1.54, 1.807) is 0 Å². The number of esters is 2. The zero-order valence-corrected chi connectivity index (χ0v) is 61.1. The molecule has 0 aromatic rings. The van der Waals surface area contributed by atoms with Crippen molar-refractivity contribution in [3.63, 3.8) is 0 Å². The van der Waals surface area contributed by atoms with Gasteiger partial charge in [0, 0.05) is 12.8 Å². The molecule has 0 rings (SSSR count). The smallest absolute Gasteiger partial charge is 0.462 e. The quantitative estimate of drug-likeness (QED) is 0.0211. The van der Waals surface area contributed by atoms with Gasteiger partial charge in [-0.05, 0) is 51.4 Å². The van der Waals surface area contributed by atoms with Gasteiger partial charge in [-0.3, -0.25) is 18.6 Å². The van der Waals surface area contributed by atoms with Gasteiger partial charge in [0.25, 0.3) is 0 Å². The van der Waals surface area contributed by atoms with Crippen molar-refractivity contribution in [1.82, 2.24) is 0 Å². The fourth-order valence-electron chi connectivity index (χ4n) is 11.9. The number of hydrogen-bond acceptors (Lipinski definition) is 7. The van der Waals surface area contributed by atoms with Gasteiger partial charge in [-0.15, -0.1) is 0 Å². The second kappa shape index (κ2) is 70.5. The highest BCUT2D eigenvalue weighted by Gasteiger charge is 2.27. The minimum Gasteiger partial charge on any atom is -0.462 e. The van der Waals surface area contributed by atoms with Crippen LogP contribution in [0.3, 0.4) is 0 Å². The molecule has 526 valence electrons. The minimum atomic E-state index is -4.39. The van der Waals surface area contributed by atoms with Crippen LogP contribution in [0.15, 0.2) is 36.5 Å². The van der Waals surface area contributed by atoms with Gasteiger partial charge in [0.2, 0.25) is 0 Å². The molecule has 0 heterocycles. The Hall–Kier alpha value is -1.77. The number of allylic oxidation sites excluding steroid dienone is 6. The van der Waals surface area contributed by atoms with Crippen molar-refractivity contribution in [3.05, 3.63) is 36.5 Å². The summed E-state index contributed by atoms with van der Waals surface area (Å²) in [6.07, 6.45) is 91.5. The van der Waals surface area contributed by atoms with Gasteiger partial charge in [0.15, 0.2) is 6.10 Å². The third-order valence-corrected chi connectivity index (χ3v) is 18.9. The van der Waals surface area contributed by atoms with Crippen LogP contribution in [0.5, 0.6) is 0 Å². The summed E-state index contributed by atoms with van der Waals surface area (Å²) in [5.41, 5.74) is 0. The van der Waals surface area contributed by atoms with Crippen LogP contribution in [-0.2, 0) is 32.7 Å². The molecular weight excluding hydrogens is 1120 g/mol. The van der Waals surface area contributed by atoms with Gasteiger partial charge in [-0.25, -0.2) is 4.57 Å². The number of hydrogen-bond donors (Lipinski definition) is 1. The highest BCUT2D eigenvalue weighted by Crippen LogP contribution is 2.43. The van der Waals surface area contributed by atoms with Crippen LogP contribution in [0.25, 0.3) is 0 Å². The molecule has 0 aromatic heterocycles. The van der Waals surface area contributed by atoms with E-state index in [4.69, 9.17) is 18.5 Å². The summed E-state index contributed by atoms with van der Waals surface area (Å²) in [7, 11) is 1.50. The summed E-state index contributed by atoms with van der Waals surface area (Å²) in [6, 6.07) is 0. The number of nitrogens with zero attached hydrogens (tertiary/aromatic N) is 1. The Morgan fingerprint density at radius 3 is 0.899 bits per heavy atom. The van der Waals surface area contributed by atoms with Crippen LogP contribution in [0, 0.1) is 0 Å². The molecule has 0 spiro atoms. The maximum Gasteiger partial charge on any atom is 0.472 e. The predicted molar refractivity (Wildman–Crippen MR) is 386 cm³/mol. The number of rotatable bonds is 74. The molecule has 2 atom stereocenters. The van der Waals surface area contributed by atoms with E-state index in [1.165, 1.54) is 327 Å². The van der Waals surface area contributed by atoms with Crippen molar-refractivity contribution in [3.8, 4) is 0 Å². The summed E-state index contributed by atoms with van der Waals surface area (Å²) >= 11 is 0. The number of quaternary nitrogens is 1. The highest BCUT2D eigenvalue weighted by molar-refractivity contribution is 7.47. The van der Waals surface area contributed by atoms with E-state index in [2.05, 4.69) is 50.3 Å². The molecule has 9 nitrogen and oxygen atoms in total. The molecule has 0 fully saturated rings. The summed E-state index contributed by atoms with van der Waals surface area (Å²) < 4.78 is 34.8. The second-order valence-corrected chi connectivity index (χ2v) is 29.6. The predicted octanol–water partition coefficient (Wildman–Crippen LogP) is 25.8. The van der Waals surface area contributed by atoms with Crippen molar-refractivity contribution >= 4 is 19.8 Å². The van der Waals surface area contributed by atoms with Gasteiger partial charge < -0.3 is 18.9 Å². The Balaban J connectivity index is 3.93. The highest BCUT2D eigenvalue weighted by atomic mass is 31.2. The largest absolute Gasteiger partial charge is 0.472 e. The Bertz CT molecular complexity index is 1590. The monoisotopic (exact) mass is 1280 g/mol. The lowest BCUT2D eigenvalue weighted by atomic mass is 10.0. The normalized spacial score (nSPS) is 13.2. The zero-order valence-electron chi connectivity index (χ0n) is 60.2. The molecule has 0 saturated carbocycles. The Morgan fingerprint density at radius 1 is 0.348 bits per heavy atom. The Kier molecular flexibility index (Phi) is 69.1. The van der Waals surface area contributed by atoms with Crippen LogP contribution in [0.2, 0.25) is 0 Å². The molecule has 1 N–H and O–H groups in total. The van der Waals surface area contributed by atoms with Gasteiger partial charge >= 0.3 is 19.8 Å². The third-order valence-electron chi connectivity index (χ3n) is 17.9. The number of phosphoric acid groups is 1. The third kappa shape index (κ3) is 75.1. The molecule has 89 heavy (non-hydrogen) atoms. The fraction of sp³-hybridized carbons (Fsp3) is 0.899. The molecule has 10 heteroatoms. The number of carbonyl (C=O) groups excluding carboxylic acids is 2. The number of unbranched alkanes of at least 4 members (excludes halogenated alkanes) is 54. The van der Waals surface area contributed by atoms with E-state index in [1.807, 2.05) is 21.1 Å². The van der Waals surface area contributed by atoms with Crippen LogP contribution < -0.4 is 0 Å². The van der Waals surface area contributed by atoms with Crippen molar-refractivity contribution in [1.29, 1.82) is 0 Å². The van der Waals surface area contributed by atoms with Crippen LogP contribution in [-0.4, -0.2) is 74.9 Å². The van der Waals surface area contributed by atoms with Crippen molar-refractivity contribution in [2.75, 3.05) is 47.5 Å². The summed E-state index contributed by atoms with van der Waals surface area (Å²) in [5.74, 6) is -0.772. The fourth-order valence-corrected chi connectivity index (χ4v) is 12.7. The molecule has 0 radical (unpaired) electrons. The number of carbonyl (C=O) groups is 2. The molecule has 0 bridgehead atoms. The summed E-state index contributed by atoms with van der Waals surface area (Å²) in [4.78, 5) is 36.0. The van der Waals surface area contributed by atoms with E-state index in [0.29, 0.717) is 23.9 Å². The van der Waals surface area contributed by atoms with Crippen LogP contribution in [0.4, 0.5) is 0 Å². The lowest BCUT2D eigenvalue weighted by Crippen LogP contribution is -2.37. The van der Waals surface area contributed by atoms with Crippen molar-refractivity contribution in [2.45, 2.75) is 412 Å². The SMILES string of the molecule is CCCCCCC/C=C\C/C=C\C/C=C\CCCCCCCCCCCCCCCCCCCCC(=O)OC(COC(=O)CCCCCCCCCCCCCCCCCCCCCCCCCCCCCCCCCC)COP(=O)(O)OCC[N+](C)(C)C. The average Bonchev–Trinajstić information content (AvgIpc) is 3.60. The maximum atomic E-state index is 12.9. The van der Waals surface area contributed by atoms with E-state index in [9.17, 15) is 19.0 Å². The van der Waals surface area contributed by atoms with E-state index in [-0.39, 0.29) is 25.6 Å². The Morgan fingerprint density at radius 2 is 0.607 bits per heavy atom. The second-order valence-electron chi connectivity index (χ2n) is 28.1. The number of ether oxygens (including phenoxy) is 2. The first-order chi connectivity index (χ1) is 43.5. The van der Waals surface area contributed by atoms with Crippen LogP contribution >= 0.6 is 7.82 Å². The first kappa shape index (κ1) is 87.2. The lowest BCUT2D eigenvalue weighted by molar-refractivity contribution is -0.870. The number of phosphoric ester groups is 1. The van der Waals surface area contributed by atoms with E-state index < -0.39 is 26.5 Å². The standard InChI is InChI=1S/C79H152NO8P/c1-6-8-10-12-14-16-18-20-22-24-26-28-30-32-34-36-38-40-42-44-46-48-50-52-54-56-58-60-62-64-66-68-70-72-79(82)88-77(76-87-89(83,84)86-74-73-80(3,4)5)75-85-78(81)71-69-67-65-63-61-59-57-55-53-51-49-47-45-43-41-39-37-35-33-31-29-27-25-23-21-19-17-15-13-11-9-7-2/h18,20,24,26,30,32,77H,6-17,19,21-23,25,27-29,31,33-76H2,1-5H3/p+1/b20-18-,26-24-,32-30-. The summed E-state index contributed by atoms with van der Waals surface area (Å²) in [5, 5.41) is 0. The molecular formula is C79H153NO8P+.